The van der Waals surface area contributed by atoms with Crippen molar-refractivity contribution in [2.45, 2.75) is 77.5 Å². The van der Waals surface area contributed by atoms with Crippen LogP contribution in [0.4, 0.5) is 0 Å². The van der Waals surface area contributed by atoms with Crippen LogP contribution in [0.15, 0.2) is 48.5 Å². The van der Waals surface area contributed by atoms with Crippen molar-refractivity contribution in [2.24, 2.45) is 5.41 Å². The first-order valence-electron chi connectivity index (χ1n) is 12.7. The highest BCUT2D eigenvalue weighted by molar-refractivity contribution is 6.30. The van der Waals surface area contributed by atoms with Gasteiger partial charge in [-0.25, -0.2) is 9.89 Å². The van der Waals surface area contributed by atoms with Crippen LogP contribution in [0.2, 0.25) is 10.0 Å². The average molecular weight is 559 g/mol. The number of tetrazole rings is 1. The van der Waals surface area contributed by atoms with Gasteiger partial charge in [0.15, 0.2) is 0 Å². The molecule has 4 rings (SSSR count). The summed E-state index contributed by atoms with van der Waals surface area (Å²) in [7, 11) is 0. The number of ether oxygens (including phenoxy) is 1. The molecule has 0 bridgehead atoms. The van der Waals surface area contributed by atoms with Crippen molar-refractivity contribution in [3.05, 3.63) is 75.5 Å². The summed E-state index contributed by atoms with van der Waals surface area (Å²) in [6.07, 6.45) is 1.15. The number of carbonyl (C=O) groups excluding carboxylic acids is 2. The zero-order chi connectivity index (χ0) is 27.7. The largest absolute Gasteiger partial charge is 0.458 e. The quantitative estimate of drug-likeness (QED) is 0.361. The van der Waals surface area contributed by atoms with Gasteiger partial charge in [-0.15, -0.1) is 5.10 Å². The molecule has 2 heterocycles. The number of H-pyrrole nitrogens is 1. The molecular formula is C28H33Cl2N5O3. The third kappa shape index (κ3) is 6.02. The lowest BCUT2D eigenvalue weighted by Crippen LogP contribution is -2.58. The molecule has 202 valence electrons. The number of aromatic nitrogens is 4. The summed E-state index contributed by atoms with van der Waals surface area (Å²) >= 11 is 12.7. The Morgan fingerprint density at radius 1 is 1.16 bits per heavy atom. The van der Waals surface area contributed by atoms with Crippen LogP contribution >= 0.6 is 23.2 Å². The van der Waals surface area contributed by atoms with Gasteiger partial charge < -0.3 is 9.64 Å². The van der Waals surface area contributed by atoms with Crippen LogP contribution in [0.1, 0.15) is 76.4 Å². The molecule has 0 saturated carbocycles. The number of likely N-dealkylation sites (tertiary alicyclic amines) is 1. The first kappa shape index (κ1) is 28.0. The number of piperidine rings is 1. The second-order valence-corrected chi connectivity index (χ2v) is 12.0. The third-order valence-corrected chi connectivity index (χ3v) is 7.43. The summed E-state index contributed by atoms with van der Waals surface area (Å²) in [5.41, 5.74) is 0.223. The van der Waals surface area contributed by atoms with E-state index in [1.54, 1.807) is 17.0 Å². The highest BCUT2D eigenvalue weighted by Gasteiger charge is 2.53. The minimum absolute atomic E-state index is 0.162. The summed E-state index contributed by atoms with van der Waals surface area (Å²) in [5, 5.41) is 15.4. The fourth-order valence-electron chi connectivity index (χ4n) is 5.36. The van der Waals surface area contributed by atoms with Gasteiger partial charge >= 0.3 is 5.97 Å². The summed E-state index contributed by atoms with van der Waals surface area (Å²) < 4.78 is 5.82. The van der Waals surface area contributed by atoms with E-state index in [4.69, 9.17) is 27.9 Å². The van der Waals surface area contributed by atoms with Crippen molar-refractivity contribution in [1.82, 2.24) is 25.5 Å². The van der Waals surface area contributed by atoms with Gasteiger partial charge in [0, 0.05) is 22.4 Å². The van der Waals surface area contributed by atoms with Gasteiger partial charge in [-0.2, -0.15) is 0 Å². The number of carbonyl (C=O) groups is 2. The fourth-order valence-corrected chi connectivity index (χ4v) is 5.68. The van der Waals surface area contributed by atoms with Crippen LogP contribution in [0, 0.1) is 5.41 Å². The van der Waals surface area contributed by atoms with Gasteiger partial charge in [-0.1, -0.05) is 61.3 Å². The van der Waals surface area contributed by atoms with Crippen LogP contribution in [0.25, 0.3) is 0 Å². The van der Waals surface area contributed by atoms with Gasteiger partial charge in [-0.05, 0) is 79.4 Å². The number of benzene rings is 2. The Labute approximate surface area is 233 Å². The summed E-state index contributed by atoms with van der Waals surface area (Å²) in [6.45, 7) is 9.26. The molecule has 0 aliphatic carbocycles. The maximum atomic E-state index is 14.5. The SMILES string of the molecule is CCC(C(=O)OC(C)(C)C)N1C(=O)[C@@](C)(Cc2nnn[nH]2)CC(c2cccc(Cl)c2)C1c1ccc(Cl)cc1. The number of esters is 1. The van der Waals surface area contributed by atoms with E-state index < -0.39 is 29.1 Å². The van der Waals surface area contributed by atoms with Crippen LogP contribution < -0.4 is 0 Å². The first-order valence-corrected chi connectivity index (χ1v) is 13.5. The van der Waals surface area contributed by atoms with Crippen molar-refractivity contribution in [3.63, 3.8) is 0 Å². The molecule has 0 radical (unpaired) electrons. The molecular weight excluding hydrogens is 525 g/mol. The molecule has 4 atom stereocenters. The molecule has 38 heavy (non-hydrogen) atoms. The smallest absolute Gasteiger partial charge is 0.329 e. The van der Waals surface area contributed by atoms with Crippen LogP contribution in [-0.2, 0) is 20.7 Å². The normalized spacial score (nSPS) is 22.8. The van der Waals surface area contributed by atoms with Gasteiger partial charge in [0.1, 0.15) is 17.5 Å². The maximum Gasteiger partial charge on any atom is 0.329 e. The van der Waals surface area contributed by atoms with Gasteiger partial charge in [0.2, 0.25) is 5.91 Å². The molecule has 1 amide bonds. The first-order chi connectivity index (χ1) is 17.9. The number of hydrogen-bond acceptors (Lipinski definition) is 6. The maximum absolute atomic E-state index is 14.5. The Kier molecular flexibility index (Phi) is 8.14. The molecule has 3 unspecified atom stereocenters. The van der Waals surface area contributed by atoms with E-state index in [9.17, 15) is 9.59 Å². The molecule has 1 aromatic heterocycles. The molecule has 1 aliphatic heterocycles. The summed E-state index contributed by atoms with van der Waals surface area (Å²) in [4.78, 5) is 29.8. The number of nitrogens with one attached hydrogen (secondary N) is 1. The van der Waals surface area contributed by atoms with Gasteiger partial charge in [0.05, 0.1) is 11.5 Å². The fraction of sp³-hybridized carbons (Fsp3) is 0.464. The van der Waals surface area contributed by atoms with Crippen molar-refractivity contribution in [2.75, 3.05) is 0 Å². The lowest BCUT2D eigenvalue weighted by atomic mass is 9.67. The van der Waals surface area contributed by atoms with E-state index in [2.05, 4.69) is 20.6 Å². The van der Waals surface area contributed by atoms with Crippen molar-refractivity contribution >= 4 is 35.1 Å². The van der Waals surface area contributed by atoms with E-state index in [-0.39, 0.29) is 18.2 Å². The average Bonchev–Trinajstić information content (AvgIpc) is 3.34. The minimum atomic E-state index is -0.910. The molecule has 1 fully saturated rings. The summed E-state index contributed by atoms with van der Waals surface area (Å²) in [6, 6.07) is 13.8. The van der Waals surface area contributed by atoms with Crippen molar-refractivity contribution in [1.29, 1.82) is 0 Å². The van der Waals surface area contributed by atoms with E-state index in [0.717, 1.165) is 11.1 Å². The highest BCUT2D eigenvalue weighted by Crippen LogP contribution is 2.52. The molecule has 1 saturated heterocycles. The zero-order valence-electron chi connectivity index (χ0n) is 22.2. The number of rotatable bonds is 7. The number of hydrogen-bond donors (Lipinski definition) is 1. The van der Waals surface area contributed by atoms with Gasteiger partial charge in [-0.3, -0.25) is 4.79 Å². The molecule has 3 aromatic rings. The lowest BCUT2D eigenvalue weighted by molar-refractivity contribution is -0.173. The monoisotopic (exact) mass is 557 g/mol. The van der Waals surface area contributed by atoms with Crippen LogP contribution in [0.3, 0.4) is 0 Å². The second-order valence-electron chi connectivity index (χ2n) is 11.1. The Bertz CT molecular complexity index is 1280. The number of halogens is 2. The van der Waals surface area contributed by atoms with Crippen LogP contribution in [-0.4, -0.2) is 49.0 Å². The number of aromatic amines is 1. The topological polar surface area (TPSA) is 101 Å². The Morgan fingerprint density at radius 2 is 1.87 bits per heavy atom. The Morgan fingerprint density at radius 3 is 2.45 bits per heavy atom. The minimum Gasteiger partial charge on any atom is -0.458 e. The lowest BCUT2D eigenvalue weighted by Gasteiger charge is -2.51. The Hall–Kier alpha value is -2.97. The molecule has 2 aromatic carbocycles. The molecule has 10 heteroatoms. The van der Waals surface area contributed by atoms with Crippen molar-refractivity contribution in [3.8, 4) is 0 Å². The van der Waals surface area contributed by atoms with Crippen molar-refractivity contribution < 1.29 is 14.3 Å². The molecule has 1 aliphatic rings. The highest BCUT2D eigenvalue weighted by atomic mass is 35.5. The van der Waals surface area contributed by atoms with Crippen LogP contribution in [0.5, 0.6) is 0 Å². The zero-order valence-corrected chi connectivity index (χ0v) is 23.8. The number of nitrogens with zero attached hydrogens (tertiary/aromatic N) is 4. The predicted octanol–water partition coefficient (Wildman–Crippen LogP) is 5.93. The molecule has 0 spiro atoms. The Balaban J connectivity index is 1.91. The van der Waals surface area contributed by atoms with Gasteiger partial charge in [0.25, 0.3) is 0 Å². The number of amides is 1. The van der Waals surface area contributed by atoms with E-state index >= 15 is 0 Å². The summed E-state index contributed by atoms with van der Waals surface area (Å²) in [5.74, 6) is -0.293. The molecule has 1 N–H and O–H groups in total. The van der Waals surface area contributed by atoms with E-state index in [1.807, 2.05) is 71.0 Å². The molecule has 8 nitrogen and oxygen atoms in total. The standard InChI is InChI=1S/C28H33Cl2N5O3/c1-6-22(25(36)38-27(2,3)4)35-24(17-10-12-19(29)13-11-17)21(18-8-7-9-20(30)14-18)15-28(5,26(35)37)16-23-31-33-34-32-23/h7-14,21-22,24H,6,15-16H2,1-5H3,(H,31,32,33,34)/t21?,22?,24?,28-/m1/s1. The van der Waals surface area contributed by atoms with E-state index in [1.165, 1.54) is 0 Å². The predicted molar refractivity (Wildman–Crippen MR) is 146 cm³/mol. The third-order valence-electron chi connectivity index (χ3n) is 6.94. The van der Waals surface area contributed by atoms with E-state index in [0.29, 0.717) is 28.7 Å². The second kappa shape index (κ2) is 11.0.